The van der Waals surface area contributed by atoms with Crippen LogP contribution in [0.15, 0.2) is 115 Å². The number of amides is 1. The minimum absolute atomic E-state index is 0.282. The number of allylic oxidation sites excluding steroid dienone is 3. The summed E-state index contributed by atoms with van der Waals surface area (Å²) in [4.78, 5) is 16.8. The van der Waals surface area contributed by atoms with Crippen molar-refractivity contribution in [1.82, 2.24) is 14.3 Å². The predicted octanol–water partition coefficient (Wildman–Crippen LogP) is 8.26. The average Bonchev–Trinajstić information content (AvgIpc) is 3.56. The Kier molecular flexibility index (Phi) is 8.86. The summed E-state index contributed by atoms with van der Waals surface area (Å²) < 4.78 is 30.1. The van der Waals surface area contributed by atoms with Crippen LogP contribution >= 0.6 is 23.2 Å². The average molecular weight is 670 g/mol. The Morgan fingerprint density at radius 2 is 1.61 bits per heavy atom. The number of hydrogen-bond acceptors (Lipinski definition) is 4. The summed E-state index contributed by atoms with van der Waals surface area (Å²) in [6.45, 7) is 3.86. The third-order valence-electron chi connectivity index (χ3n) is 7.48. The molecule has 0 saturated carbocycles. The van der Waals surface area contributed by atoms with Gasteiger partial charge in [0.15, 0.2) is 0 Å². The van der Waals surface area contributed by atoms with Gasteiger partial charge in [-0.25, -0.2) is 14.0 Å². The van der Waals surface area contributed by atoms with Crippen molar-refractivity contribution in [3.05, 3.63) is 142 Å². The van der Waals surface area contributed by atoms with Gasteiger partial charge in [0.2, 0.25) is 0 Å². The molecule has 6 rings (SSSR count). The van der Waals surface area contributed by atoms with Crippen molar-refractivity contribution in [1.29, 1.82) is 0 Å². The van der Waals surface area contributed by atoms with E-state index in [2.05, 4.69) is 80.6 Å². The Labute approximate surface area is 278 Å². The maximum absolute atomic E-state index is 12.5. The highest BCUT2D eigenvalue weighted by atomic mass is 35.5. The minimum atomic E-state index is -3.96. The van der Waals surface area contributed by atoms with Crippen LogP contribution in [0.25, 0.3) is 34.1 Å². The van der Waals surface area contributed by atoms with E-state index in [9.17, 15) is 13.2 Å². The van der Waals surface area contributed by atoms with Crippen LogP contribution in [0.5, 0.6) is 0 Å². The second kappa shape index (κ2) is 13.0. The zero-order chi connectivity index (χ0) is 32.4. The molecule has 1 aromatic heterocycles. The van der Waals surface area contributed by atoms with Gasteiger partial charge in [0.25, 0.3) is 5.91 Å². The Hall–Kier alpha value is -4.63. The van der Waals surface area contributed by atoms with Gasteiger partial charge in [0, 0.05) is 28.9 Å². The molecule has 0 aliphatic carbocycles. The summed E-state index contributed by atoms with van der Waals surface area (Å²) in [6, 6.07) is 29.0. The van der Waals surface area contributed by atoms with Gasteiger partial charge in [0.05, 0.1) is 16.4 Å². The molecule has 2 heterocycles. The molecule has 0 bridgehead atoms. The second-order valence-corrected chi connectivity index (χ2v) is 13.6. The van der Waals surface area contributed by atoms with Crippen LogP contribution in [0.1, 0.15) is 30.8 Å². The lowest BCUT2D eigenvalue weighted by molar-refractivity contribution is -0.117. The Morgan fingerprint density at radius 3 is 2.26 bits per heavy atom. The van der Waals surface area contributed by atoms with Crippen LogP contribution in [-0.4, -0.2) is 30.4 Å². The number of rotatable bonds is 8. The topological polar surface area (TPSA) is 84.3 Å². The number of nitrogens with zero attached hydrogens (tertiary/aromatic N) is 3. The molecule has 1 aliphatic rings. The summed E-state index contributed by atoms with van der Waals surface area (Å²) >= 11 is 12.7. The van der Waals surface area contributed by atoms with Gasteiger partial charge in [-0.3, -0.25) is 4.79 Å². The van der Waals surface area contributed by atoms with Gasteiger partial charge < -0.3 is 4.57 Å². The van der Waals surface area contributed by atoms with Gasteiger partial charge >= 0.3 is 10.2 Å². The Balaban J connectivity index is 1.32. The Morgan fingerprint density at radius 1 is 0.913 bits per heavy atom. The predicted molar refractivity (Wildman–Crippen MR) is 187 cm³/mol. The SMILES string of the molecule is CC(C)=C/C=C/c1ccc(-c2ccc(Cc3nc(-c4ccc(Cl)cc4Cl)cn3-c3cccc(N4CC(=O)NS4(=O)=O)c3)cc2)cc1. The fourth-order valence-electron chi connectivity index (χ4n) is 5.20. The van der Waals surface area contributed by atoms with Crippen LogP contribution in [0.2, 0.25) is 10.0 Å². The number of anilines is 1. The lowest BCUT2D eigenvalue weighted by atomic mass is 10.0. The van der Waals surface area contributed by atoms with E-state index in [1.54, 1.807) is 30.3 Å². The number of halogens is 2. The van der Waals surface area contributed by atoms with Crippen molar-refractivity contribution in [3.63, 3.8) is 0 Å². The first-order chi connectivity index (χ1) is 22.1. The molecular formula is C36H30Cl2N4O3S. The molecule has 4 aromatic carbocycles. The molecule has 1 N–H and O–H groups in total. The first-order valence-corrected chi connectivity index (χ1v) is 16.7. The van der Waals surface area contributed by atoms with Crippen molar-refractivity contribution in [3.8, 4) is 28.1 Å². The third kappa shape index (κ3) is 6.94. The fourth-order valence-corrected chi connectivity index (χ4v) is 6.85. The normalized spacial score (nSPS) is 14.1. The van der Waals surface area contributed by atoms with E-state index in [0.717, 1.165) is 32.4 Å². The molecule has 0 atom stereocenters. The number of nitrogens with one attached hydrogen (secondary N) is 1. The monoisotopic (exact) mass is 668 g/mol. The zero-order valence-corrected chi connectivity index (χ0v) is 27.4. The zero-order valence-electron chi connectivity index (χ0n) is 25.1. The van der Waals surface area contributed by atoms with Crippen molar-refractivity contribution in [2.24, 2.45) is 0 Å². The highest BCUT2D eigenvalue weighted by Gasteiger charge is 2.34. The van der Waals surface area contributed by atoms with E-state index < -0.39 is 16.1 Å². The quantitative estimate of drug-likeness (QED) is 0.169. The van der Waals surface area contributed by atoms with E-state index >= 15 is 0 Å². The van der Waals surface area contributed by atoms with Crippen molar-refractivity contribution in [2.75, 3.05) is 10.8 Å². The van der Waals surface area contributed by atoms with Crippen LogP contribution < -0.4 is 9.03 Å². The highest BCUT2D eigenvalue weighted by molar-refractivity contribution is 7.92. The van der Waals surface area contributed by atoms with Crippen LogP contribution in [-0.2, 0) is 21.4 Å². The summed E-state index contributed by atoms with van der Waals surface area (Å²) in [5.41, 5.74) is 8.05. The van der Waals surface area contributed by atoms with E-state index in [1.165, 1.54) is 5.57 Å². The van der Waals surface area contributed by atoms with E-state index in [4.69, 9.17) is 28.2 Å². The van der Waals surface area contributed by atoms with Gasteiger partial charge in [0.1, 0.15) is 12.4 Å². The molecule has 1 fully saturated rings. The molecule has 46 heavy (non-hydrogen) atoms. The van der Waals surface area contributed by atoms with Crippen molar-refractivity contribution < 1.29 is 13.2 Å². The highest BCUT2D eigenvalue weighted by Crippen LogP contribution is 2.32. The van der Waals surface area contributed by atoms with Crippen molar-refractivity contribution >= 4 is 51.1 Å². The van der Waals surface area contributed by atoms with Crippen molar-refractivity contribution in [2.45, 2.75) is 20.3 Å². The summed E-state index contributed by atoms with van der Waals surface area (Å²) in [5, 5.41) is 0.985. The van der Waals surface area contributed by atoms with Gasteiger partial charge in [-0.1, -0.05) is 102 Å². The van der Waals surface area contributed by atoms with Gasteiger partial charge in [-0.2, -0.15) is 8.42 Å². The molecule has 7 nitrogen and oxygen atoms in total. The van der Waals surface area contributed by atoms with Crippen LogP contribution in [0.4, 0.5) is 5.69 Å². The number of imidazole rings is 1. The largest absolute Gasteiger partial charge is 0.326 e. The van der Waals surface area contributed by atoms with Gasteiger partial charge in [-0.05, 0) is 72.5 Å². The summed E-state index contributed by atoms with van der Waals surface area (Å²) in [6.07, 6.45) is 8.58. The van der Waals surface area contributed by atoms with E-state index in [1.807, 2.05) is 27.6 Å². The van der Waals surface area contributed by atoms with E-state index in [-0.39, 0.29) is 6.54 Å². The number of benzene rings is 4. The minimum Gasteiger partial charge on any atom is -0.303 e. The molecule has 1 aliphatic heterocycles. The molecule has 10 heteroatoms. The number of carbonyl (C=O) groups excluding carboxylic acids is 1. The second-order valence-electron chi connectivity index (χ2n) is 11.2. The number of hydrogen-bond donors (Lipinski definition) is 1. The third-order valence-corrected chi connectivity index (χ3v) is 9.43. The number of carbonyl (C=O) groups is 1. The van der Waals surface area contributed by atoms with Crippen LogP contribution in [0, 0.1) is 0 Å². The Bertz CT molecular complexity index is 2100. The molecular weight excluding hydrogens is 639 g/mol. The number of aromatic nitrogens is 2. The summed E-state index contributed by atoms with van der Waals surface area (Å²) in [7, 11) is -3.96. The fraction of sp³-hybridized carbons (Fsp3) is 0.111. The molecule has 1 amide bonds. The molecule has 5 aromatic rings. The molecule has 232 valence electrons. The maximum Gasteiger partial charge on any atom is 0.326 e. The molecule has 0 radical (unpaired) electrons. The molecule has 0 unspecified atom stereocenters. The lowest BCUT2D eigenvalue weighted by Gasteiger charge is -2.16. The summed E-state index contributed by atoms with van der Waals surface area (Å²) in [5.74, 6) is 0.140. The lowest BCUT2D eigenvalue weighted by Crippen LogP contribution is -2.29. The van der Waals surface area contributed by atoms with E-state index in [0.29, 0.717) is 39.1 Å². The van der Waals surface area contributed by atoms with Gasteiger partial charge in [-0.15, -0.1) is 0 Å². The molecule has 0 spiro atoms. The first-order valence-electron chi connectivity index (χ1n) is 14.5. The standard InChI is InChI=1S/C36H30Cl2N4O3S/c1-24(2)5-3-6-25-9-13-27(14-10-25)28-15-11-26(12-16-28)19-35-39-34(32-18-17-29(37)20-33(32)38)22-41(35)30-7-4-8-31(21-30)42-23-36(43)40-46(42,44)45/h3-18,20-22H,19,23H2,1-2H3,(H,40,43)/b6-3+. The first kappa shape index (κ1) is 31.4. The molecule has 1 saturated heterocycles. The maximum atomic E-state index is 12.5. The van der Waals surface area contributed by atoms with Crippen LogP contribution in [0.3, 0.4) is 0 Å². The smallest absolute Gasteiger partial charge is 0.303 e.